The zero-order chi connectivity index (χ0) is 17.0. The van der Waals surface area contributed by atoms with E-state index < -0.39 is 0 Å². The monoisotopic (exact) mass is 314 g/mol. The smallest absolute Gasteiger partial charge is 0.142 e. The van der Waals surface area contributed by atoms with Crippen molar-refractivity contribution in [2.45, 2.75) is 32.1 Å². The molecule has 2 aromatic carbocycles. The third-order valence-electron chi connectivity index (χ3n) is 4.78. The van der Waals surface area contributed by atoms with E-state index in [1.807, 2.05) is 24.3 Å². The maximum absolute atomic E-state index is 5.97. The number of nitrogen functional groups attached to an aromatic ring is 2. The topological polar surface area (TPSA) is 70.5 Å². The molecular weight excluding hydrogens is 288 g/mol. The Balaban J connectivity index is 2.64. The molecule has 0 aliphatic heterocycles. The van der Waals surface area contributed by atoms with Gasteiger partial charge in [0.1, 0.15) is 11.5 Å². The van der Waals surface area contributed by atoms with Crippen molar-refractivity contribution in [1.29, 1.82) is 0 Å². The van der Waals surface area contributed by atoms with Crippen LogP contribution in [0.25, 0.3) is 0 Å². The van der Waals surface area contributed by atoms with Crippen molar-refractivity contribution < 1.29 is 9.47 Å². The number of hydrogen-bond acceptors (Lipinski definition) is 4. The maximum atomic E-state index is 5.97. The molecular formula is C19H26N2O2. The molecule has 23 heavy (non-hydrogen) atoms. The Kier molecular flexibility index (Phi) is 5.04. The molecule has 4 nitrogen and oxygen atoms in total. The Morgan fingerprint density at radius 3 is 1.48 bits per heavy atom. The molecule has 0 fully saturated rings. The SMILES string of the molecule is CCC(CC)(c1ccc(N)c(OC)c1)c1ccc(N)c(OC)c1. The van der Waals surface area contributed by atoms with E-state index in [2.05, 4.69) is 26.0 Å². The minimum atomic E-state index is -0.137. The van der Waals surface area contributed by atoms with Crippen LogP contribution in [0.1, 0.15) is 37.8 Å². The lowest BCUT2D eigenvalue weighted by atomic mass is 9.70. The van der Waals surface area contributed by atoms with E-state index in [1.54, 1.807) is 14.2 Å². The van der Waals surface area contributed by atoms with Gasteiger partial charge in [0.05, 0.1) is 25.6 Å². The molecule has 2 aromatic rings. The minimum absolute atomic E-state index is 0.137. The van der Waals surface area contributed by atoms with Gasteiger partial charge in [-0.15, -0.1) is 0 Å². The Hall–Kier alpha value is -2.36. The van der Waals surface area contributed by atoms with Crippen LogP contribution in [0, 0.1) is 0 Å². The fourth-order valence-electron chi connectivity index (χ4n) is 3.25. The van der Waals surface area contributed by atoms with Crippen molar-refractivity contribution in [1.82, 2.24) is 0 Å². The zero-order valence-electron chi connectivity index (χ0n) is 14.3. The largest absolute Gasteiger partial charge is 0.495 e. The Bertz CT molecular complexity index is 624. The molecule has 4 N–H and O–H groups in total. The lowest BCUT2D eigenvalue weighted by Gasteiger charge is -2.34. The summed E-state index contributed by atoms with van der Waals surface area (Å²) >= 11 is 0. The van der Waals surface area contributed by atoms with Crippen LogP contribution >= 0.6 is 0 Å². The van der Waals surface area contributed by atoms with E-state index in [4.69, 9.17) is 20.9 Å². The summed E-state index contributed by atoms with van der Waals surface area (Å²) in [5.74, 6) is 1.41. The molecule has 124 valence electrons. The van der Waals surface area contributed by atoms with Crippen LogP contribution < -0.4 is 20.9 Å². The highest BCUT2D eigenvalue weighted by Gasteiger charge is 2.32. The fraction of sp³-hybridized carbons (Fsp3) is 0.368. The van der Waals surface area contributed by atoms with Gasteiger partial charge in [-0.3, -0.25) is 0 Å². The number of hydrogen-bond donors (Lipinski definition) is 2. The predicted octanol–water partition coefficient (Wildman–Crippen LogP) is 3.97. The van der Waals surface area contributed by atoms with Gasteiger partial charge in [-0.2, -0.15) is 0 Å². The van der Waals surface area contributed by atoms with Crippen molar-refractivity contribution in [2.75, 3.05) is 25.7 Å². The van der Waals surface area contributed by atoms with Crippen LogP contribution in [-0.2, 0) is 5.41 Å². The molecule has 0 amide bonds. The molecule has 4 heteroatoms. The summed E-state index contributed by atoms with van der Waals surface area (Å²) < 4.78 is 10.8. The van der Waals surface area contributed by atoms with Gasteiger partial charge in [0.15, 0.2) is 0 Å². The van der Waals surface area contributed by atoms with Gasteiger partial charge >= 0.3 is 0 Å². The lowest BCUT2D eigenvalue weighted by Crippen LogP contribution is -2.26. The molecule has 0 unspecified atom stereocenters. The number of nitrogens with two attached hydrogens (primary N) is 2. The standard InChI is InChI=1S/C19H26N2O2/c1-5-19(6-2,13-7-9-15(20)17(11-13)22-3)14-8-10-16(21)18(12-14)23-4/h7-12H,5-6,20-21H2,1-4H3. The molecule has 0 bridgehead atoms. The highest BCUT2D eigenvalue weighted by atomic mass is 16.5. The predicted molar refractivity (Wildman–Crippen MR) is 96.2 cm³/mol. The first-order chi connectivity index (χ1) is 11.0. The molecule has 0 aliphatic carbocycles. The van der Waals surface area contributed by atoms with E-state index >= 15 is 0 Å². The average molecular weight is 314 g/mol. The fourth-order valence-corrected chi connectivity index (χ4v) is 3.25. The van der Waals surface area contributed by atoms with Crippen LogP contribution in [0.4, 0.5) is 11.4 Å². The zero-order valence-corrected chi connectivity index (χ0v) is 14.3. The molecule has 2 rings (SSSR count). The van der Waals surface area contributed by atoms with Crippen LogP contribution in [0.15, 0.2) is 36.4 Å². The third kappa shape index (κ3) is 2.93. The first-order valence-electron chi connectivity index (χ1n) is 7.90. The molecule has 0 heterocycles. The lowest BCUT2D eigenvalue weighted by molar-refractivity contribution is 0.408. The summed E-state index contributed by atoms with van der Waals surface area (Å²) in [5, 5.41) is 0. The average Bonchev–Trinajstić information content (AvgIpc) is 2.58. The van der Waals surface area contributed by atoms with E-state index in [-0.39, 0.29) is 5.41 Å². The molecule has 0 saturated carbocycles. The van der Waals surface area contributed by atoms with Crippen LogP contribution in [0.5, 0.6) is 11.5 Å². The van der Waals surface area contributed by atoms with Crippen LogP contribution in [0.3, 0.4) is 0 Å². The molecule has 0 aromatic heterocycles. The van der Waals surface area contributed by atoms with E-state index in [0.717, 1.165) is 12.8 Å². The first kappa shape index (κ1) is 17.0. The van der Waals surface area contributed by atoms with Gasteiger partial charge in [0.2, 0.25) is 0 Å². The van der Waals surface area contributed by atoms with E-state index in [1.165, 1.54) is 11.1 Å². The summed E-state index contributed by atoms with van der Waals surface area (Å²) in [5.41, 5.74) is 15.5. The van der Waals surface area contributed by atoms with Crippen molar-refractivity contribution >= 4 is 11.4 Å². The van der Waals surface area contributed by atoms with Gasteiger partial charge in [-0.1, -0.05) is 26.0 Å². The number of anilines is 2. The Morgan fingerprint density at radius 1 is 0.783 bits per heavy atom. The van der Waals surface area contributed by atoms with Gasteiger partial charge in [-0.25, -0.2) is 0 Å². The molecule has 0 saturated heterocycles. The second-order valence-electron chi connectivity index (χ2n) is 5.70. The Labute approximate surface area is 138 Å². The molecule has 0 spiro atoms. The summed E-state index contributed by atoms with van der Waals surface area (Å²) in [7, 11) is 3.28. The minimum Gasteiger partial charge on any atom is -0.495 e. The molecule has 0 aliphatic rings. The second-order valence-corrected chi connectivity index (χ2v) is 5.70. The second kappa shape index (κ2) is 6.82. The van der Waals surface area contributed by atoms with Crippen LogP contribution in [0.2, 0.25) is 0 Å². The van der Waals surface area contributed by atoms with Gasteiger partial charge in [-0.05, 0) is 48.2 Å². The quantitative estimate of drug-likeness (QED) is 0.791. The van der Waals surface area contributed by atoms with Gasteiger partial charge in [0.25, 0.3) is 0 Å². The highest BCUT2D eigenvalue weighted by molar-refractivity contribution is 5.59. The summed E-state index contributed by atoms with van der Waals surface area (Å²) in [6.07, 6.45) is 1.90. The molecule has 0 radical (unpaired) electrons. The van der Waals surface area contributed by atoms with Crippen molar-refractivity contribution in [3.63, 3.8) is 0 Å². The Morgan fingerprint density at radius 2 is 1.17 bits per heavy atom. The number of ether oxygens (including phenoxy) is 2. The normalized spacial score (nSPS) is 11.3. The van der Waals surface area contributed by atoms with E-state index in [9.17, 15) is 0 Å². The summed E-state index contributed by atoms with van der Waals surface area (Å²) in [4.78, 5) is 0. The maximum Gasteiger partial charge on any atom is 0.142 e. The van der Waals surface area contributed by atoms with Crippen molar-refractivity contribution in [3.05, 3.63) is 47.5 Å². The number of rotatable bonds is 6. The third-order valence-corrected chi connectivity index (χ3v) is 4.78. The summed E-state index contributed by atoms with van der Waals surface area (Å²) in [6, 6.07) is 12.0. The van der Waals surface area contributed by atoms with Crippen LogP contribution in [-0.4, -0.2) is 14.2 Å². The van der Waals surface area contributed by atoms with Gasteiger partial charge in [0, 0.05) is 5.41 Å². The number of methoxy groups -OCH3 is 2. The highest BCUT2D eigenvalue weighted by Crippen LogP contribution is 2.42. The number of benzene rings is 2. The first-order valence-corrected chi connectivity index (χ1v) is 7.90. The van der Waals surface area contributed by atoms with E-state index in [0.29, 0.717) is 22.9 Å². The van der Waals surface area contributed by atoms with Gasteiger partial charge < -0.3 is 20.9 Å². The van der Waals surface area contributed by atoms with Crippen molar-refractivity contribution in [3.8, 4) is 11.5 Å². The summed E-state index contributed by atoms with van der Waals surface area (Å²) in [6.45, 7) is 4.38. The molecule has 0 atom stereocenters. The van der Waals surface area contributed by atoms with Crippen molar-refractivity contribution in [2.24, 2.45) is 0 Å².